The summed E-state index contributed by atoms with van der Waals surface area (Å²) in [5.41, 5.74) is 3.64. The Balaban J connectivity index is 1.53. The predicted octanol–water partition coefficient (Wildman–Crippen LogP) is 5.99. The monoisotopic (exact) mass is 517 g/mol. The summed E-state index contributed by atoms with van der Waals surface area (Å²) in [4.78, 5) is 35.9. The van der Waals surface area contributed by atoms with Crippen molar-refractivity contribution >= 4 is 23.6 Å². The number of amides is 3. The Labute approximate surface area is 221 Å². The summed E-state index contributed by atoms with van der Waals surface area (Å²) >= 11 is 0. The molecule has 4 N–H and O–H groups in total. The average Bonchev–Trinajstić information content (AvgIpc) is 2.92. The van der Waals surface area contributed by atoms with Gasteiger partial charge in [0.2, 0.25) is 0 Å². The number of rotatable bonds is 9. The molecule has 1 aliphatic rings. The fraction of sp³-hybridized carbons (Fsp3) is 0.300. The summed E-state index contributed by atoms with van der Waals surface area (Å²) in [6, 6.07) is 19.7. The number of carbonyl (C=O) groups excluding carboxylic acids is 2. The molecule has 7 nitrogen and oxygen atoms in total. The van der Waals surface area contributed by atoms with E-state index in [1.165, 1.54) is 55.9 Å². The van der Waals surface area contributed by atoms with Crippen LogP contribution in [0.15, 0.2) is 72.8 Å². The van der Waals surface area contributed by atoms with E-state index in [0.29, 0.717) is 17.2 Å². The van der Waals surface area contributed by atoms with Crippen molar-refractivity contribution in [2.75, 3.05) is 11.9 Å². The van der Waals surface area contributed by atoms with Crippen LogP contribution in [-0.4, -0.2) is 29.6 Å². The maximum Gasteiger partial charge on any atom is 0.319 e. The van der Waals surface area contributed by atoms with E-state index in [1.54, 1.807) is 30.3 Å². The summed E-state index contributed by atoms with van der Waals surface area (Å²) in [6.45, 7) is 0.0354. The zero-order valence-electron chi connectivity index (χ0n) is 21.1. The predicted molar refractivity (Wildman–Crippen MR) is 144 cm³/mol. The quantitative estimate of drug-likeness (QED) is 0.280. The molecule has 1 fully saturated rings. The maximum absolute atomic E-state index is 13.6. The number of hydrogen-bond donors (Lipinski definition) is 4. The molecule has 4 rings (SSSR count). The van der Waals surface area contributed by atoms with Crippen LogP contribution in [0, 0.1) is 5.82 Å². The fourth-order valence-corrected chi connectivity index (χ4v) is 4.83. The van der Waals surface area contributed by atoms with Gasteiger partial charge in [-0.25, -0.2) is 9.18 Å². The first-order valence-corrected chi connectivity index (χ1v) is 12.9. The molecule has 1 atom stereocenters. The van der Waals surface area contributed by atoms with Crippen molar-refractivity contribution in [1.29, 1.82) is 0 Å². The third-order valence-corrected chi connectivity index (χ3v) is 6.83. The Hall–Kier alpha value is -4.20. The van der Waals surface area contributed by atoms with Gasteiger partial charge in [0.1, 0.15) is 5.82 Å². The van der Waals surface area contributed by atoms with Crippen LogP contribution < -0.4 is 16.0 Å². The van der Waals surface area contributed by atoms with Crippen LogP contribution in [0.25, 0.3) is 0 Å². The van der Waals surface area contributed by atoms with Crippen LogP contribution in [0.4, 0.5) is 14.9 Å². The molecule has 38 heavy (non-hydrogen) atoms. The second-order valence-electron chi connectivity index (χ2n) is 9.57. The number of urea groups is 1. The van der Waals surface area contributed by atoms with Crippen LogP contribution in [-0.2, 0) is 4.79 Å². The molecule has 0 bridgehead atoms. The maximum atomic E-state index is 13.6. The van der Waals surface area contributed by atoms with Crippen LogP contribution in [0.3, 0.4) is 0 Å². The summed E-state index contributed by atoms with van der Waals surface area (Å²) < 4.78 is 13.6. The van der Waals surface area contributed by atoms with Gasteiger partial charge in [-0.15, -0.1) is 0 Å². The molecular formula is C30H32FN3O4. The van der Waals surface area contributed by atoms with Crippen LogP contribution in [0.5, 0.6) is 0 Å². The van der Waals surface area contributed by atoms with E-state index in [4.69, 9.17) is 5.11 Å². The van der Waals surface area contributed by atoms with Crippen LogP contribution in [0.2, 0.25) is 0 Å². The Morgan fingerprint density at radius 3 is 2.18 bits per heavy atom. The van der Waals surface area contributed by atoms with Gasteiger partial charge in [0.05, 0.1) is 12.5 Å². The van der Waals surface area contributed by atoms with Crippen molar-refractivity contribution < 1.29 is 23.9 Å². The zero-order chi connectivity index (χ0) is 26.9. The van der Waals surface area contributed by atoms with E-state index >= 15 is 0 Å². The topological polar surface area (TPSA) is 108 Å². The molecule has 3 aromatic carbocycles. The van der Waals surface area contributed by atoms with E-state index in [2.05, 4.69) is 28.1 Å². The second kappa shape index (κ2) is 12.9. The van der Waals surface area contributed by atoms with E-state index in [1.807, 2.05) is 12.1 Å². The van der Waals surface area contributed by atoms with E-state index in [-0.39, 0.29) is 18.9 Å². The largest absolute Gasteiger partial charge is 0.481 e. The van der Waals surface area contributed by atoms with Crippen molar-refractivity contribution in [2.24, 2.45) is 0 Å². The number of nitrogens with one attached hydrogen (secondary N) is 3. The molecule has 3 amide bonds. The first-order chi connectivity index (χ1) is 18.4. The smallest absolute Gasteiger partial charge is 0.319 e. The highest BCUT2D eigenvalue weighted by Gasteiger charge is 2.20. The average molecular weight is 518 g/mol. The number of halogens is 1. The molecule has 0 saturated heterocycles. The third kappa shape index (κ3) is 7.41. The van der Waals surface area contributed by atoms with E-state index in [0.717, 1.165) is 11.1 Å². The molecule has 3 aromatic rings. The lowest BCUT2D eigenvalue weighted by Crippen LogP contribution is -2.33. The first-order valence-electron chi connectivity index (χ1n) is 12.9. The van der Waals surface area contributed by atoms with Gasteiger partial charge in [0.25, 0.3) is 5.91 Å². The lowest BCUT2D eigenvalue weighted by atomic mass is 9.83. The minimum absolute atomic E-state index is 0.0354. The van der Waals surface area contributed by atoms with Crippen molar-refractivity contribution in [2.45, 2.75) is 50.5 Å². The van der Waals surface area contributed by atoms with Crippen molar-refractivity contribution in [3.8, 4) is 0 Å². The van der Waals surface area contributed by atoms with Gasteiger partial charge in [-0.05, 0) is 65.8 Å². The van der Waals surface area contributed by atoms with Crippen molar-refractivity contribution in [1.82, 2.24) is 10.6 Å². The molecule has 8 heteroatoms. The van der Waals surface area contributed by atoms with Gasteiger partial charge in [0.15, 0.2) is 0 Å². The third-order valence-electron chi connectivity index (χ3n) is 6.83. The Kier molecular flexibility index (Phi) is 9.08. The fourth-order valence-electron chi connectivity index (χ4n) is 4.83. The number of carbonyl (C=O) groups is 3. The summed E-state index contributed by atoms with van der Waals surface area (Å²) in [7, 11) is 0. The standard InChI is InChI=1S/C30H32FN3O4/c31-25-7-4-8-26(19-25)33-30(38)34-28(22-11-9-21(10-12-22)20-5-2-1-3-6-20)23-13-15-24(16-14-23)29(37)32-18-17-27(35)36/h4,7-16,19-20,28H,1-3,5-6,17-18H2,(H,32,37)(H,35,36)(H2,33,34,38). The van der Waals surface area contributed by atoms with E-state index in [9.17, 15) is 18.8 Å². The van der Waals surface area contributed by atoms with Crippen molar-refractivity contribution in [3.63, 3.8) is 0 Å². The Morgan fingerprint density at radius 2 is 1.55 bits per heavy atom. The molecule has 1 saturated carbocycles. The summed E-state index contributed by atoms with van der Waals surface area (Å²) in [5.74, 6) is -1.25. The number of hydrogen-bond acceptors (Lipinski definition) is 3. The number of carboxylic acid groups (broad SMARTS) is 1. The highest BCUT2D eigenvalue weighted by molar-refractivity contribution is 5.94. The van der Waals surface area contributed by atoms with Crippen LogP contribution in [0.1, 0.15) is 77.5 Å². The summed E-state index contributed by atoms with van der Waals surface area (Å²) in [6.07, 6.45) is 5.99. The molecule has 0 aliphatic heterocycles. The van der Waals surface area contributed by atoms with Gasteiger partial charge in [-0.1, -0.05) is 61.7 Å². The molecule has 0 spiro atoms. The minimum atomic E-state index is -0.986. The molecule has 1 unspecified atom stereocenters. The normalized spacial score (nSPS) is 14.3. The SMILES string of the molecule is O=C(O)CCNC(=O)c1ccc(C(NC(=O)Nc2cccc(F)c2)c2ccc(C3CCCCC3)cc2)cc1. The number of carboxylic acids is 1. The Bertz CT molecular complexity index is 1260. The van der Waals surface area contributed by atoms with Gasteiger partial charge in [0, 0.05) is 17.8 Å². The molecule has 0 heterocycles. The van der Waals surface area contributed by atoms with E-state index < -0.39 is 23.9 Å². The molecular weight excluding hydrogens is 485 g/mol. The summed E-state index contributed by atoms with van der Waals surface area (Å²) in [5, 5.41) is 17.0. The van der Waals surface area contributed by atoms with Crippen LogP contribution >= 0.6 is 0 Å². The molecule has 198 valence electrons. The highest BCUT2D eigenvalue weighted by atomic mass is 19.1. The van der Waals surface area contributed by atoms with Gasteiger partial charge in [-0.2, -0.15) is 0 Å². The molecule has 1 aliphatic carbocycles. The van der Waals surface area contributed by atoms with Gasteiger partial charge in [-0.3, -0.25) is 9.59 Å². The Morgan fingerprint density at radius 1 is 0.895 bits per heavy atom. The zero-order valence-corrected chi connectivity index (χ0v) is 21.1. The first kappa shape index (κ1) is 26.9. The van der Waals surface area contributed by atoms with Gasteiger partial charge < -0.3 is 21.1 Å². The molecule has 0 radical (unpaired) electrons. The van der Waals surface area contributed by atoms with Crippen molar-refractivity contribution in [3.05, 3.63) is 101 Å². The van der Waals surface area contributed by atoms with Gasteiger partial charge >= 0.3 is 12.0 Å². The number of benzene rings is 3. The minimum Gasteiger partial charge on any atom is -0.481 e. The molecule has 0 aromatic heterocycles. The number of anilines is 1. The number of aliphatic carboxylic acids is 1. The highest BCUT2D eigenvalue weighted by Crippen LogP contribution is 2.33. The second-order valence-corrected chi connectivity index (χ2v) is 9.57. The lowest BCUT2D eigenvalue weighted by molar-refractivity contribution is -0.136. The lowest BCUT2D eigenvalue weighted by Gasteiger charge is -2.24.